The van der Waals surface area contributed by atoms with Crippen molar-refractivity contribution in [3.05, 3.63) is 23.8 Å². The largest absolute Gasteiger partial charge is 0.493 e. The van der Waals surface area contributed by atoms with Crippen molar-refractivity contribution in [3.63, 3.8) is 0 Å². The van der Waals surface area contributed by atoms with Gasteiger partial charge in [0.1, 0.15) is 0 Å². The Bertz CT molecular complexity index is 556. The molecule has 0 atom stereocenters. The lowest BCUT2D eigenvalue weighted by atomic mass is 10.1. The third-order valence-corrected chi connectivity index (χ3v) is 3.62. The van der Waals surface area contributed by atoms with Gasteiger partial charge in [0.15, 0.2) is 11.5 Å². The highest BCUT2D eigenvalue weighted by molar-refractivity contribution is 5.95. The molecular formula is C18H27NO5. The van der Waals surface area contributed by atoms with Crippen LogP contribution in [0, 0.1) is 0 Å². The number of carboxylic acids is 1. The summed E-state index contributed by atoms with van der Waals surface area (Å²) < 4.78 is 11.0. The number of methoxy groups -OCH3 is 1. The van der Waals surface area contributed by atoms with Crippen LogP contribution in [-0.2, 0) is 4.79 Å². The van der Waals surface area contributed by atoms with Crippen LogP contribution in [-0.4, -0.2) is 48.2 Å². The first-order chi connectivity index (χ1) is 11.4. The molecule has 0 fully saturated rings. The zero-order valence-corrected chi connectivity index (χ0v) is 14.9. The molecule has 1 N–H and O–H groups in total. The minimum Gasteiger partial charge on any atom is -0.493 e. The lowest BCUT2D eigenvalue weighted by Crippen LogP contribution is -2.38. The molecule has 0 aromatic heterocycles. The molecule has 1 rings (SSSR count). The van der Waals surface area contributed by atoms with E-state index in [0.29, 0.717) is 23.7 Å². The van der Waals surface area contributed by atoms with Gasteiger partial charge in [-0.1, -0.05) is 13.3 Å². The van der Waals surface area contributed by atoms with Crippen molar-refractivity contribution in [2.24, 2.45) is 0 Å². The zero-order valence-electron chi connectivity index (χ0n) is 14.9. The summed E-state index contributed by atoms with van der Waals surface area (Å²) in [7, 11) is 1.53. The number of amides is 1. The number of carboxylic acid groups (broad SMARTS) is 1. The fraction of sp³-hybridized carbons (Fsp3) is 0.556. The Hall–Kier alpha value is -2.24. The van der Waals surface area contributed by atoms with Crippen molar-refractivity contribution in [3.8, 4) is 11.5 Å². The molecule has 0 radical (unpaired) electrons. The van der Waals surface area contributed by atoms with E-state index in [1.807, 2.05) is 13.8 Å². The van der Waals surface area contributed by atoms with Crippen LogP contribution in [0.15, 0.2) is 18.2 Å². The fourth-order valence-corrected chi connectivity index (χ4v) is 2.22. The van der Waals surface area contributed by atoms with E-state index in [-0.39, 0.29) is 24.9 Å². The summed E-state index contributed by atoms with van der Waals surface area (Å²) in [6.07, 6.45) is 1.89. The number of aliphatic carboxylic acids is 1. The van der Waals surface area contributed by atoms with Gasteiger partial charge in [-0.15, -0.1) is 0 Å². The lowest BCUT2D eigenvalue weighted by molar-refractivity contribution is -0.137. The molecule has 0 bridgehead atoms. The smallest absolute Gasteiger partial charge is 0.305 e. The van der Waals surface area contributed by atoms with Gasteiger partial charge in [-0.3, -0.25) is 9.59 Å². The van der Waals surface area contributed by atoms with E-state index < -0.39 is 5.97 Å². The first kappa shape index (κ1) is 19.8. The SMILES string of the molecule is CCCCOc1ccc(C(=O)N(CCC(=O)O)C(C)C)cc1OC. The topological polar surface area (TPSA) is 76.1 Å². The maximum Gasteiger partial charge on any atom is 0.305 e. The number of nitrogens with zero attached hydrogens (tertiary/aromatic N) is 1. The van der Waals surface area contributed by atoms with Crippen LogP contribution in [0.3, 0.4) is 0 Å². The van der Waals surface area contributed by atoms with Gasteiger partial charge in [0.05, 0.1) is 20.1 Å². The molecule has 1 aromatic rings. The molecule has 0 aliphatic heterocycles. The van der Waals surface area contributed by atoms with Crippen molar-refractivity contribution >= 4 is 11.9 Å². The molecule has 1 aromatic carbocycles. The van der Waals surface area contributed by atoms with Crippen LogP contribution >= 0.6 is 0 Å². The number of benzene rings is 1. The highest BCUT2D eigenvalue weighted by atomic mass is 16.5. The average molecular weight is 337 g/mol. The van der Waals surface area contributed by atoms with Crippen molar-refractivity contribution in [1.29, 1.82) is 0 Å². The second kappa shape index (κ2) is 9.80. The van der Waals surface area contributed by atoms with Gasteiger partial charge in [-0.25, -0.2) is 0 Å². The number of rotatable bonds is 10. The van der Waals surface area contributed by atoms with Crippen molar-refractivity contribution < 1.29 is 24.2 Å². The number of unbranched alkanes of at least 4 members (excludes halogenated alkanes) is 1. The van der Waals surface area contributed by atoms with Crippen LogP contribution in [0.2, 0.25) is 0 Å². The van der Waals surface area contributed by atoms with Crippen LogP contribution in [0.25, 0.3) is 0 Å². The molecule has 0 aliphatic rings. The number of carbonyl (C=O) groups is 2. The Morgan fingerprint density at radius 2 is 1.96 bits per heavy atom. The molecule has 0 heterocycles. The van der Waals surface area contributed by atoms with Gasteiger partial charge < -0.3 is 19.5 Å². The second-order valence-corrected chi connectivity index (χ2v) is 5.80. The summed E-state index contributed by atoms with van der Waals surface area (Å²) in [6, 6.07) is 4.95. The van der Waals surface area contributed by atoms with E-state index in [0.717, 1.165) is 12.8 Å². The number of carbonyl (C=O) groups excluding carboxylic acids is 1. The summed E-state index contributed by atoms with van der Waals surface area (Å²) in [5.41, 5.74) is 0.453. The van der Waals surface area contributed by atoms with Crippen LogP contribution < -0.4 is 9.47 Å². The van der Waals surface area contributed by atoms with Crippen molar-refractivity contribution in [1.82, 2.24) is 4.90 Å². The molecule has 0 aliphatic carbocycles. The molecule has 6 nitrogen and oxygen atoms in total. The van der Waals surface area contributed by atoms with E-state index in [2.05, 4.69) is 6.92 Å². The maximum atomic E-state index is 12.7. The van der Waals surface area contributed by atoms with Crippen LogP contribution in [0.4, 0.5) is 0 Å². The Labute approximate surface area is 143 Å². The average Bonchev–Trinajstić information content (AvgIpc) is 2.54. The highest BCUT2D eigenvalue weighted by Gasteiger charge is 2.21. The number of hydrogen-bond acceptors (Lipinski definition) is 4. The standard InChI is InChI=1S/C18H27NO5/c1-5-6-11-24-15-8-7-14(12-16(15)23-4)18(22)19(13(2)3)10-9-17(20)21/h7-8,12-13H,5-6,9-11H2,1-4H3,(H,20,21). The molecule has 134 valence electrons. The summed E-state index contributed by atoms with van der Waals surface area (Å²) in [4.78, 5) is 25.0. The summed E-state index contributed by atoms with van der Waals surface area (Å²) in [5.74, 6) is -0.0432. The first-order valence-electron chi connectivity index (χ1n) is 8.24. The van der Waals surface area contributed by atoms with Gasteiger partial charge >= 0.3 is 5.97 Å². The molecule has 24 heavy (non-hydrogen) atoms. The molecule has 0 spiro atoms. The molecule has 1 amide bonds. The predicted molar refractivity (Wildman–Crippen MR) is 91.8 cm³/mol. The molecule has 6 heteroatoms. The van der Waals surface area contributed by atoms with Crippen LogP contribution in [0.1, 0.15) is 50.4 Å². The Morgan fingerprint density at radius 1 is 1.25 bits per heavy atom. The normalized spacial score (nSPS) is 10.5. The predicted octanol–water partition coefficient (Wildman–Crippen LogP) is 3.20. The van der Waals surface area contributed by atoms with E-state index in [1.54, 1.807) is 23.1 Å². The van der Waals surface area contributed by atoms with Gasteiger partial charge in [0.2, 0.25) is 0 Å². The molecular weight excluding hydrogens is 310 g/mol. The van der Waals surface area contributed by atoms with E-state index in [1.165, 1.54) is 7.11 Å². The summed E-state index contributed by atoms with van der Waals surface area (Å²) >= 11 is 0. The monoisotopic (exact) mass is 337 g/mol. The fourth-order valence-electron chi connectivity index (χ4n) is 2.22. The number of hydrogen-bond donors (Lipinski definition) is 1. The van der Waals surface area contributed by atoms with Crippen molar-refractivity contribution in [2.45, 2.75) is 46.1 Å². The third kappa shape index (κ3) is 5.76. The second-order valence-electron chi connectivity index (χ2n) is 5.80. The van der Waals surface area contributed by atoms with Gasteiger partial charge in [-0.05, 0) is 38.5 Å². The lowest BCUT2D eigenvalue weighted by Gasteiger charge is -2.26. The Kier molecular flexibility index (Phi) is 8.09. The summed E-state index contributed by atoms with van der Waals surface area (Å²) in [5, 5.41) is 8.84. The first-order valence-corrected chi connectivity index (χ1v) is 8.24. The maximum absolute atomic E-state index is 12.7. The van der Waals surface area contributed by atoms with E-state index in [4.69, 9.17) is 14.6 Å². The van der Waals surface area contributed by atoms with Crippen LogP contribution in [0.5, 0.6) is 11.5 Å². The highest BCUT2D eigenvalue weighted by Crippen LogP contribution is 2.29. The minimum absolute atomic E-state index is 0.0841. The zero-order chi connectivity index (χ0) is 18.1. The summed E-state index contributed by atoms with van der Waals surface area (Å²) in [6.45, 7) is 6.57. The minimum atomic E-state index is -0.925. The Morgan fingerprint density at radius 3 is 2.50 bits per heavy atom. The van der Waals surface area contributed by atoms with Crippen molar-refractivity contribution in [2.75, 3.05) is 20.3 Å². The quantitative estimate of drug-likeness (QED) is 0.664. The third-order valence-electron chi connectivity index (χ3n) is 3.62. The Balaban J connectivity index is 2.93. The van der Waals surface area contributed by atoms with E-state index >= 15 is 0 Å². The van der Waals surface area contributed by atoms with E-state index in [9.17, 15) is 9.59 Å². The van der Waals surface area contributed by atoms with Gasteiger partial charge in [0.25, 0.3) is 5.91 Å². The number of ether oxygens (including phenoxy) is 2. The molecule has 0 unspecified atom stereocenters. The van der Waals surface area contributed by atoms with Gasteiger partial charge in [0, 0.05) is 18.2 Å². The van der Waals surface area contributed by atoms with Gasteiger partial charge in [-0.2, -0.15) is 0 Å². The molecule has 0 saturated heterocycles. The molecule has 0 saturated carbocycles.